The van der Waals surface area contributed by atoms with E-state index in [9.17, 15) is 0 Å². The van der Waals surface area contributed by atoms with E-state index in [1.807, 2.05) is 0 Å². The lowest BCUT2D eigenvalue weighted by atomic mass is 10.7. The first-order valence-electron chi connectivity index (χ1n) is 0.899. The zero-order chi connectivity index (χ0) is 4.50. The molecule has 0 nitrogen and oxygen atoms in total. The van der Waals surface area contributed by atoms with Gasteiger partial charge in [-0.2, -0.15) is 12.2 Å². The first-order valence-corrected chi connectivity index (χ1v) is 4.99. The van der Waals surface area contributed by atoms with Crippen LogP contribution in [0.2, 0.25) is 0 Å². The van der Waals surface area contributed by atoms with Crippen LogP contribution >= 0.6 is 17.2 Å². The van der Waals surface area contributed by atoms with Crippen molar-refractivity contribution in [1.82, 2.24) is 0 Å². The summed E-state index contributed by atoms with van der Waals surface area (Å²) in [6, 6.07) is 0. The van der Waals surface area contributed by atoms with Crippen molar-refractivity contribution in [1.29, 1.82) is 0 Å². The fourth-order valence-electron chi connectivity index (χ4n) is 0. The topological polar surface area (TPSA) is 0 Å². The van der Waals surface area contributed by atoms with Gasteiger partial charge in [-0.15, -0.1) is 11.8 Å². The van der Waals surface area contributed by atoms with Gasteiger partial charge < -0.3 is 0 Å². The third-order valence-corrected chi connectivity index (χ3v) is 0. The van der Waals surface area contributed by atoms with E-state index in [4.69, 9.17) is 15.1 Å². The van der Waals surface area contributed by atoms with Gasteiger partial charge in [-0.1, -0.05) is 5.00 Å². The summed E-state index contributed by atoms with van der Waals surface area (Å²) in [6.07, 6.45) is 0. The van der Waals surface area contributed by atoms with E-state index in [1.54, 1.807) is 0 Å². The molecule has 0 bridgehead atoms. The van der Waals surface area contributed by atoms with E-state index in [2.05, 4.69) is 24.1 Å². The predicted octanol–water partition coefficient (Wildman–Crippen LogP) is 0.478. The van der Waals surface area contributed by atoms with Gasteiger partial charge in [0.1, 0.15) is 15.1 Å². The summed E-state index contributed by atoms with van der Waals surface area (Å²) in [6.45, 7) is 0. The van der Waals surface area contributed by atoms with Gasteiger partial charge in [-0.05, 0) is 0 Å². The molecule has 0 aliphatic heterocycles. The Morgan fingerprint density at radius 1 is 1.60 bits per heavy atom. The minimum absolute atomic E-state index is 2.11. The quantitative estimate of drug-likeness (QED) is 0.274. The van der Waals surface area contributed by atoms with Crippen molar-refractivity contribution < 1.29 is 0 Å². The second kappa shape index (κ2) is 1.72. The van der Waals surface area contributed by atoms with E-state index in [0.717, 1.165) is 0 Å². The maximum Gasteiger partial charge on any atom is 0.124 e. The Kier molecular flexibility index (Phi) is 2.11. The monoisotopic (exact) mass is 118 g/mol. The van der Waals surface area contributed by atoms with Gasteiger partial charge in [0.2, 0.25) is 0 Å². The summed E-state index contributed by atoms with van der Waals surface area (Å²) in [5.74, 6) is 0. The van der Waals surface area contributed by atoms with Crippen LogP contribution in [0.4, 0.5) is 0 Å². The lowest BCUT2D eigenvalue weighted by molar-refractivity contribution is 4.63. The second-order valence-corrected chi connectivity index (χ2v) is 6.63. The Labute approximate surface area is 44.6 Å². The molecule has 0 fully saturated rings. The largest absolute Gasteiger partial charge is 0.162 e. The highest BCUT2D eigenvalue weighted by Crippen LogP contribution is 2.38. The van der Waals surface area contributed by atoms with Gasteiger partial charge in [0.15, 0.2) is 0 Å². The van der Waals surface area contributed by atoms with Crippen LogP contribution in [0, 0.1) is 0 Å². The lowest BCUT2D eigenvalue weighted by Gasteiger charge is -1.91. The van der Waals surface area contributed by atoms with Crippen LogP contribution < -0.4 is 0 Å². The molecular formula is HB2PS2. The maximum absolute atomic E-state index is 4.92. The number of hydrogen-bond acceptors (Lipinski definition) is 1. The van der Waals surface area contributed by atoms with Gasteiger partial charge in [0, 0.05) is 0 Å². The Morgan fingerprint density at radius 2 is 1.60 bits per heavy atom. The molecule has 0 amide bonds. The van der Waals surface area contributed by atoms with Gasteiger partial charge >= 0.3 is 0 Å². The third-order valence-electron chi connectivity index (χ3n) is 0. The molecule has 0 atom stereocenters. The normalized spacial score (nSPS) is 11.4. The van der Waals surface area contributed by atoms with Crippen molar-refractivity contribution in [3.63, 3.8) is 0 Å². The molecule has 0 N–H and O–H groups in total. The molecule has 0 aliphatic rings. The molecule has 5 heteroatoms. The summed E-state index contributed by atoms with van der Waals surface area (Å²) in [7, 11) is 9.84. The maximum atomic E-state index is 4.92. The molecule has 0 aliphatic carbocycles. The molecule has 0 saturated carbocycles. The van der Waals surface area contributed by atoms with E-state index >= 15 is 0 Å². The molecule has 0 saturated heterocycles. The zero-order valence-corrected chi connectivity index (χ0v) is 5.06. The van der Waals surface area contributed by atoms with Gasteiger partial charge in [-0.25, -0.2) is 0 Å². The predicted molar refractivity (Wildman–Crippen MR) is 34.8 cm³/mol. The van der Waals surface area contributed by atoms with E-state index in [0.29, 0.717) is 0 Å². The van der Waals surface area contributed by atoms with Crippen molar-refractivity contribution in [2.24, 2.45) is 0 Å². The molecule has 0 aromatic carbocycles. The SMILES string of the molecule is [B]P([B])(=S)S. The Bertz CT molecular complexity index is 53.8. The van der Waals surface area contributed by atoms with Gasteiger partial charge in [0.05, 0.1) is 0 Å². The first kappa shape index (κ1) is 6.13. The number of rotatable bonds is 0. The Morgan fingerprint density at radius 3 is 1.60 bits per heavy atom. The van der Waals surface area contributed by atoms with Crippen molar-refractivity contribution >= 4 is 44.2 Å². The minimum Gasteiger partial charge on any atom is -0.162 e. The Hall–Kier alpha value is 1.13. The molecule has 0 rings (SSSR count). The van der Waals surface area contributed by atoms with Crippen molar-refractivity contribution in [2.75, 3.05) is 0 Å². The summed E-state index contributed by atoms with van der Waals surface area (Å²) >= 11 is 7.96. The summed E-state index contributed by atoms with van der Waals surface area (Å²) in [5.41, 5.74) is 0. The van der Waals surface area contributed by atoms with Gasteiger partial charge in [-0.3, -0.25) is 0 Å². The molecule has 0 unspecified atom stereocenters. The molecule has 4 radical (unpaired) electrons. The molecular weight excluding hydrogens is 117 g/mol. The van der Waals surface area contributed by atoms with Crippen LogP contribution in [0.3, 0.4) is 0 Å². The van der Waals surface area contributed by atoms with Crippen molar-refractivity contribution in [3.05, 3.63) is 0 Å². The highest BCUT2D eigenvalue weighted by molar-refractivity contribution is 8.78. The summed E-state index contributed by atoms with van der Waals surface area (Å²) in [5, 5.41) is 0. The summed E-state index contributed by atoms with van der Waals surface area (Å²) < 4.78 is 0. The highest BCUT2D eigenvalue weighted by atomic mass is 32.9. The molecule has 0 aromatic heterocycles. The van der Waals surface area contributed by atoms with Crippen LogP contribution in [0.25, 0.3) is 0 Å². The number of hydrogen-bond donors (Lipinski definition) is 1. The van der Waals surface area contributed by atoms with Crippen molar-refractivity contribution in [3.8, 4) is 0 Å². The second-order valence-electron chi connectivity index (χ2n) is 0.672. The van der Waals surface area contributed by atoms with Crippen LogP contribution in [-0.4, -0.2) is 15.1 Å². The first-order chi connectivity index (χ1) is 2.00. The highest BCUT2D eigenvalue weighted by Gasteiger charge is 1.84. The molecule has 0 heterocycles. The van der Waals surface area contributed by atoms with Crippen LogP contribution in [-0.2, 0) is 11.8 Å². The molecule has 0 spiro atoms. The average Bonchev–Trinajstić information content (AvgIpc) is 0.722. The molecule has 0 aromatic rings. The van der Waals surface area contributed by atoms with E-state index < -0.39 is 5.00 Å². The minimum atomic E-state index is -2.11. The van der Waals surface area contributed by atoms with Crippen molar-refractivity contribution in [2.45, 2.75) is 0 Å². The Balaban J connectivity index is 3.47. The number of thiol groups is 1. The third kappa shape index (κ3) is 39.4. The van der Waals surface area contributed by atoms with Crippen LogP contribution in [0.15, 0.2) is 0 Å². The zero-order valence-electron chi connectivity index (χ0n) is 2.46. The molecule has 24 valence electrons. The van der Waals surface area contributed by atoms with E-state index in [1.165, 1.54) is 0 Å². The lowest BCUT2D eigenvalue weighted by Crippen LogP contribution is -1.58. The molecule has 5 heavy (non-hydrogen) atoms. The van der Waals surface area contributed by atoms with E-state index in [-0.39, 0.29) is 0 Å². The standard InChI is InChI=1S/B2HPS2/c1-3(2,4)5/h(H,4,5). The fraction of sp³-hybridized carbons (Fsp3) is 0. The van der Waals surface area contributed by atoms with Crippen LogP contribution in [0.5, 0.6) is 0 Å². The van der Waals surface area contributed by atoms with Crippen LogP contribution in [0.1, 0.15) is 0 Å². The smallest absolute Gasteiger partial charge is 0.124 e. The average molecular weight is 118 g/mol. The van der Waals surface area contributed by atoms with Gasteiger partial charge in [0.25, 0.3) is 0 Å². The summed E-state index contributed by atoms with van der Waals surface area (Å²) in [4.78, 5) is -2.11. The fourth-order valence-corrected chi connectivity index (χ4v) is 0.